The lowest BCUT2D eigenvalue weighted by atomic mass is 10.2. The zero-order valence-electron chi connectivity index (χ0n) is 22.2. The Labute approximate surface area is 222 Å². The second-order valence-electron chi connectivity index (χ2n) is 8.93. The number of anilines is 1. The van der Waals surface area contributed by atoms with Gasteiger partial charge in [0.2, 0.25) is 0 Å². The number of hydrogen-bond acceptors (Lipinski definition) is 6. The molecule has 0 spiro atoms. The summed E-state index contributed by atoms with van der Waals surface area (Å²) in [6.45, 7) is 11.6. The van der Waals surface area contributed by atoms with Crippen LogP contribution in [0.3, 0.4) is 0 Å². The molecule has 0 aliphatic carbocycles. The Hall–Kier alpha value is -3.37. The molecule has 37 heavy (non-hydrogen) atoms. The number of hydrazine groups is 1. The van der Waals surface area contributed by atoms with Gasteiger partial charge >= 0.3 is 6.09 Å². The highest BCUT2D eigenvalue weighted by Crippen LogP contribution is 2.20. The fourth-order valence-electron chi connectivity index (χ4n) is 3.43. The summed E-state index contributed by atoms with van der Waals surface area (Å²) in [5.41, 5.74) is 1.77. The van der Waals surface area contributed by atoms with Crippen LogP contribution in [0.15, 0.2) is 36.5 Å². The smallest absolute Gasteiger partial charge is 0.407 e. The molecule has 0 radical (unpaired) electrons. The minimum absolute atomic E-state index is 0.109. The first-order valence-electron chi connectivity index (χ1n) is 12.2. The van der Waals surface area contributed by atoms with Crippen molar-refractivity contribution < 1.29 is 18.7 Å². The number of nitrogens with zero attached hydrogens (tertiary/aromatic N) is 3. The maximum Gasteiger partial charge on any atom is 0.407 e. The van der Waals surface area contributed by atoms with Gasteiger partial charge in [-0.05, 0) is 57.0 Å². The van der Waals surface area contributed by atoms with Crippen LogP contribution < -0.4 is 21.5 Å². The summed E-state index contributed by atoms with van der Waals surface area (Å²) in [7, 11) is 0. The van der Waals surface area contributed by atoms with Gasteiger partial charge in [0.05, 0.1) is 22.9 Å². The molecule has 9 nitrogen and oxygen atoms in total. The van der Waals surface area contributed by atoms with E-state index in [1.165, 1.54) is 17.1 Å². The largest absolute Gasteiger partial charge is 0.444 e. The molecule has 0 aliphatic rings. The molecule has 3 rings (SSSR count). The number of nitrogens with two attached hydrogens (primary N) is 1. The van der Waals surface area contributed by atoms with Crippen LogP contribution in [0.5, 0.6) is 0 Å². The third-order valence-electron chi connectivity index (χ3n) is 5.00. The van der Waals surface area contributed by atoms with E-state index in [-0.39, 0.29) is 31.2 Å². The van der Waals surface area contributed by atoms with Crippen molar-refractivity contribution in [2.24, 2.45) is 5.84 Å². The number of carbonyl (C=O) groups is 2. The summed E-state index contributed by atoms with van der Waals surface area (Å²) in [5.74, 6) is 5.07. The first-order chi connectivity index (χ1) is 17.5. The number of ether oxygens (including phenoxy) is 1. The van der Waals surface area contributed by atoms with Crippen LogP contribution in [0.25, 0.3) is 5.65 Å². The van der Waals surface area contributed by atoms with Gasteiger partial charge in [0, 0.05) is 19.3 Å². The van der Waals surface area contributed by atoms with Crippen LogP contribution >= 0.6 is 11.6 Å². The first-order valence-corrected chi connectivity index (χ1v) is 12.6. The maximum absolute atomic E-state index is 14.7. The first kappa shape index (κ1) is 29.9. The van der Waals surface area contributed by atoms with E-state index in [1.807, 2.05) is 20.8 Å². The van der Waals surface area contributed by atoms with Crippen molar-refractivity contribution in [3.63, 3.8) is 0 Å². The zero-order valence-corrected chi connectivity index (χ0v) is 22.9. The van der Waals surface area contributed by atoms with E-state index in [0.717, 1.165) is 0 Å². The number of benzene rings is 1. The number of nitrogens with one attached hydrogen (secondary N) is 2. The monoisotopic (exact) mass is 534 g/mol. The topological polar surface area (TPSA) is 114 Å². The summed E-state index contributed by atoms with van der Waals surface area (Å²) in [6.07, 6.45) is 1.64. The Morgan fingerprint density at radius 3 is 2.51 bits per heavy atom. The fraction of sp³-hybridized carbons (Fsp3) is 0.423. The molecule has 2 heterocycles. The van der Waals surface area contributed by atoms with Crippen LogP contribution in [0, 0.1) is 5.82 Å². The predicted octanol–water partition coefficient (Wildman–Crippen LogP) is 4.85. The standard InChI is InChI=1S/C24H30ClFN6O3.C2H6/c1-5-18-21(31-14-16(25)7-9-20(31)30-18)22(33)29-13-15-6-8-19(17(26)12-15)32(27)11-10-28-23(34)35-24(2,3)4;1-2/h6-9,12,14H,5,10-11,13,27H2,1-4H3,(H,28,34)(H,29,33);1-2H3. The van der Waals surface area contributed by atoms with Gasteiger partial charge in [0.15, 0.2) is 0 Å². The normalized spacial score (nSPS) is 10.9. The molecule has 2 amide bonds. The molecule has 2 aromatic heterocycles. The number of amides is 2. The van der Waals surface area contributed by atoms with Crippen molar-refractivity contribution in [3.05, 3.63) is 64.3 Å². The number of aryl methyl sites for hydroxylation is 1. The Morgan fingerprint density at radius 1 is 1.19 bits per heavy atom. The quantitative estimate of drug-likeness (QED) is 0.281. The molecule has 0 saturated carbocycles. The highest BCUT2D eigenvalue weighted by Gasteiger charge is 2.19. The van der Waals surface area contributed by atoms with Crippen molar-refractivity contribution in [3.8, 4) is 0 Å². The molecular weight excluding hydrogens is 499 g/mol. The van der Waals surface area contributed by atoms with E-state index in [9.17, 15) is 14.0 Å². The van der Waals surface area contributed by atoms with E-state index >= 15 is 0 Å². The number of aromatic nitrogens is 2. The van der Waals surface area contributed by atoms with Crippen LogP contribution in [0.2, 0.25) is 5.02 Å². The van der Waals surface area contributed by atoms with Crippen LogP contribution in [-0.4, -0.2) is 40.1 Å². The van der Waals surface area contributed by atoms with Gasteiger partial charge in [-0.2, -0.15) is 0 Å². The minimum Gasteiger partial charge on any atom is -0.444 e. The molecule has 11 heteroatoms. The molecule has 0 bridgehead atoms. The van der Waals surface area contributed by atoms with Gasteiger partial charge in [-0.3, -0.25) is 9.20 Å². The lowest BCUT2D eigenvalue weighted by Crippen LogP contribution is -2.41. The summed E-state index contributed by atoms with van der Waals surface area (Å²) < 4.78 is 21.5. The highest BCUT2D eigenvalue weighted by atomic mass is 35.5. The van der Waals surface area contributed by atoms with E-state index < -0.39 is 17.5 Å². The average molecular weight is 535 g/mol. The number of imidazole rings is 1. The second kappa shape index (κ2) is 13.3. The van der Waals surface area contributed by atoms with Crippen molar-refractivity contribution in [1.29, 1.82) is 0 Å². The van der Waals surface area contributed by atoms with E-state index in [4.69, 9.17) is 22.2 Å². The summed E-state index contributed by atoms with van der Waals surface area (Å²) in [6, 6.07) is 7.96. The Bertz CT molecular complexity index is 1220. The number of pyridine rings is 1. The Kier molecular flexibility index (Phi) is 10.7. The minimum atomic E-state index is -0.611. The molecule has 4 N–H and O–H groups in total. The molecule has 0 saturated heterocycles. The van der Waals surface area contributed by atoms with E-state index in [0.29, 0.717) is 34.0 Å². The van der Waals surface area contributed by atoms with Gasteiger partial charge in [0.25, 0.3) is 5.91 Å². The summed E-state index contributed by atoms with van der Waals surface area (Å²) in [4.78, 5) is 29.1. The van der Waals surface area contributed by atoms with Crippen molar-refractivity contribution >= 4 is 34.9 Å². The average Bonchev–Trinajstić information content (AvgIpc) is 3.20. The number of hydrogen-bond donors (Lipinski definition) is 3. The molecule has 1 aromatic carbocycles. The highest BCUT2D eigenvalue weighted by molar-refractivity contribution is 6.30. The lowest BCUT2D eigenvalue weighted by Gasteiger charge is -2.22. The molecule has 202 valence electrons. The lowest BCUT2D eigenvalue weighted by molar-refractivity contribution is 0.0529. The van der Waals surface area contributed by atoms with Crippen LogP contribution in [0.1, 0.15) is 63.3 Å². The molecule has 0 atom stereocenters. The molecule has 3 aromatic rings. The van der Waals surface area contributed by atoms with Crippen molar-refractivity contribution in [1.82, 2.24) is 20.0 Å². The van der Waals surface area contributed by atoms with Crippen LogP contribution in [-0.2, 0) is 17.7 Å². The zero-order chi connectivity index (χ0) is 27.8. The Balaban J connectivity index is 0.00000235. The van der Waals surface area contributed by atoms with Gasteiger partial charge in [-0.15, -0.1) is 0 Å². The summed E-state index contributed by atoms with van der Waals surface area (Å²) in [5, 5.41) is 7.07. The van der Waals surface area contributed by atoms with Gasteiger partial charge in [-0.25, -0.2) is 20.0 Å². The molecule has 0 fully saturated rings. The second-order valence-corrected chi connectivity index (χ2v) is 9.36. The fourth-order valence-corrected chi connectivity index (χ4v) is 3.59. The van der Waals surface area contributed by atoms with Gasteiger partial charge in [-0.1, -0.05) is 38.4 Å². The van der Waals surface area contributed by atoms with Gasteiger partial charge in [0.1, 0.15) is 22.8 Å². The van der Waals surface area contributed by atoms with E-state index in [2.05, 4.69) is 15.6 Å². The number of halogens is 2. The van der Waals surface area contributed by atoms with Crippen LogP contribution in [0.4, 0.5) is 14.9 Å². The van der Waals surface area contributed by atoms with Crippen molar-refractivity contribution in [2.75, 3.05) is 18.1 Å². The van der Waals surface area contributed by atoms with E-state index in [1.54, 1.807) is 49.6 Å². The number of rotatable bonds is 8. The maximum atomic E-state index is 14.7. The third kappa shape index (κ3) is 8.33. The Morgan fingerprint density at radius 2 is 1.89 bits per heavy atom. The van der Waals surface area contributed by atoms with Crippen molar-refractivity contribution in [2.45, 2.75) is 60.1 Å². The number of alkyl carbamates (subject to hydrolysis) is 1. The molecule has 0 aliphatic heterocycles. The third-order valence-corrected chi connectivity index (χ3v) is 5.22. The predicted molar refractivity (Wildman–Crippen MR) is 144 cm³/mol. The van der Waals surface area contributed by atoms with Gasteiger partial charge < -0.3 is 20.4 Å². The number of fused-ring (bicyclic) bond motifs is 1. The summed E-state index contributed by atoms with van der Waals surface area (Å²) >= 11 is 6.09. The molecular formula is C26H36ClFN6O3. The molecule has 0 unspecified atom stereocenters. The SMILES string of the molecule is CC.CCc1nc2ccc(Cl)cn2c1C(=O)NCc1ccc(N(N)CCNC(=O)OC(C)(C)C)c(F)c1. The number of carbonyl (C=O) groups excluding carboxylic acids is 2.